The Labute approximate surface area is 120 Å². The third kappa shape index (κ3) is 2.71. The molecule has 0 aliphatic heterocycles. The van der Waals surface area contributed by atoms with E-state index in [4.69, 9.17) is 11.6 Å². The fraction of sp³-hybridized carbons (Fsp3) is 0.182. The molecule has 0 aliphatic rings. The first-order valence-electron chi connectivity index (χ1n) is 4.99. The number of carbonyl (C=O) groups excluding carboxylic acids is 1. The van der Waals surface area contributed by atoms with E-state index in [1.54, 1.807) is 19.1 Å². The van der Waals surface area contributed by atoms with Gasteiger partial charge in [-0.15, -0.1) is 11.3 Å². The second-order valence-corrected chi connectivity index (χ2v) is 6.14. The van der Waals surface area contributed by atoms with Crippen molar-refractivity contribution in [1.29, 1.82) is 0 Å². The number of hydrogen-bond donors (Lipinski definition) is 0. The van der Waals surface area contributed by atoms with Crippen molar-refractivity contribution in [3.8, 4) is 0 Å². The average Bonchev–Trinajstić information content (AvgIpc) is 2.76. The van der Waals surface area contributed by atoms with Gasteiger partial charge in [-0.3, -0.25) is 14.2 Å². The van der Waals surface area contributed by atoms with Gasteiger partial charge in [0.15, 0.2) is 5.78 Å². The first-order chi connectivity index (χ1) is 8.49. The van der Waals surface area contributed by atoms with Crippen molar-refractivity contribution in [3.63, 3.8) is 0 Å². The van der Waals surface area contributed by atoms with E-state index in [0.717, 1.165) is 0 Å². The minimum absolute atomic E-state index is 0.0338. The summed E-state index contributed by atoms with van der Waals surface area (Å²) >= 11 is 10.1. The van der Waals surface area contributed by atoms with Crippen molar-refractivity contribution in [3.05, 3.63) is 48.2 Å². The Kier molecular flexibility index (Phi) is 3.99. The number of nitrogens with zero attached hydrogens (tertiary/aromatic N) is 2. The number of ketones is 1. The lowest BCUT2D eigenvalue weighted by Crippen LogP contribution is -2.27. The molecule has 2 aromatic rings. The van der Waals surface area contributed by atoms with Gasteiger partial charge in [0.05, 0.1) is 15.8 Å². The van der Waals surface area contributed by atoms with Gasteiger partial charge in [-0.2, -0.15) is 0 Å². The van der Waals surface area contributed by atoms with E-state index in [0.29, 0.717) is 19.5 Å². The molecule has 2 heterocycles. The molecule has 0 fully saturated rings. The predicted octanol–water partition coefficient (Wildman–Crippen LogP) is 2.91. The fourth-order valence-electron chi connectivity index (χ4n) is 1.42. The van der Waals surface area contributed by atoms with Crippen molar-refractivity contribution >= 4 is 44.7 Å². The fourth-order valence-corrected chi connectivity index (χ4v) is 2.71. The van der Waals surface area contributed by atoms with Crippen molar-refractivity contribution < 1.29 is 4.79 Å². The van der Waals surface area contributed by atoms with E-state index in [2.05, 4.69) is 20.9 Å². The summed E-state index contributed by atoms with van der Waals surface area (Å²) in [5.74, 6) is 0.344. The number of aryl methyl sites for hydroxylation is 1. The van der Waals surface area contributed by atoms with Crippen LogP contribution in [-0.4, -0.2) is 15.3 Å². The van der Waals surface area contributed by atoms with Crippen LogP contribution in [0.2, 0.25) is 4.34 Å². The lowest BCUT2D eigenvalue weighted by Gasteiger charge is -2.07. The van der Waals surface area contributed by atoms with E-state index < -0.39 is 0 Å². The first-order valence-corrected chi connectivity index (χ1v) is 6.98. The van der Waals surface area contributed by atoms with Gasteiger partial charge >= 0.3 is 0 Å². The molecular formula is C11H8BrClN2O2S. The van der Waals surface area contributed by atoms with E-state index in [9.17, 15) is 9.59 Å². The third-order valence-corrected chi connectivity index (χ3v) is 4.17. The summed E-state index contributed by atoms with van der Waals surface area (Å²) in [4.78, 5) is 28.4. The summed E-state index contributed by atoms with van der Waals surface area (Å²) < 4.78 is 2.22. The van der Waals surface area contributed by atoms with Crippen LogP contribution >= 0.6 is 38.9 Å². The summed E-state index contributed by atoms with van der Waals surface area (Å²) in [7, 11) is 0. The van der Waals surface area contributed by atoms with Crippen molar-refractivity contribution in [2.75, 3.05) is 0 Å². The quantitative estimate of drug-likeness (QED) is 0.802. The van der Waals surface area contributed by atoms with Gasteiger partial charge in [-0.05, 0) is 35.0 Å². The highest BCUT2D eigenvalue weighted by atomic mass is 79.9. The van der Waals surface area contributed by atoms with Crippen LogP contribution in [0.15, 0.2) is 27.6 Å². The minimum atomic E-state index is -0.265. The van der Waals surface area contributed by atoms with Crippen molar-refractivity contribution in [1.82, 2.24) is 9.55 Å². The normalized spacial score (nSPS) is 10.6. The number of Topliss-reactive ketones (excluding diaryl/α,β-unsaturated/α-hetero) is 1. The van der Waals surface area contributed by atoms with Crippen LogP contribution in [0, 0.1) is 6.92 Å². The summed E-state index contributed by atoms with van der Waals surface area (Å²) in [5.41, 5.74) is -0.265. The highest BCUT2D eigenvalue weighted by Gasteiger charge is 2.13. The molecule has 0 saturated heterocycles. The molecule has 2 rings (SSSR count). The summed E-state index contributed by atoms with van der Waals surface area (Å²) in [5, 5.41) is 0. The van der Waals surface area contributed by atoms with E-state index in [1.165, 1.54) is 22.1 Å². The Bertz CT molecular complexity index is 665. The topological polar surface area (TPSA) is 52.0 Å². The molecule has 7 heteroatoms. The highest BCUT2D eigenvalue weighted by Crippen LogP contribution is 2.22. The minimum Gasteiger partial charge on any atom is -0.291 e. The SMILES string of the molecule is Cc1ncc(Br)c(=O)n1CC(=O)c1ccc(Cl)s1. The Hall–Kier alpha value is -0.980. The summed E-state index contributed by atoms with van der Waals surface area (Å²) in [6, 6.07) is 3.31. The molecule has 0 atom stereocenters. The standard InChI is InChI=1S/C11H8BrClN2O2S/c1-6-14-4-7(12)11(17)15(6)5-8(16)9-2-3-10(13)18-9/h2-4H,5H2,1H3. The molecule has 0 bridgehead atoms. The zero-order valence-corrected chi connectivity index (χ0v) is 12.5. The van der Waals surface area contributed by atoms with Crippen molar-refractivity contribution in [2.45, 2.75) is 13.5 Å². The number of hydrogen-bond acceptors (Lipinski definition) is 4. The third-order valence-electron chi connectivity index (χ3n) is 2.35. The smallest absolute Gasteiger partial charge is 0.268 e. The largest absolute Gasteiger partial charge is 0.291 e. The molecule has 4 nitrogen and oxygen atoms in total. The van der Waals surface area contributed by atoms with Gasteiger partial charge in [0, 0.05) is 6.20 Å². The highest BCUT2D eigenvalue weighted by molar-refractivity contribution is 9.10. The van der Waals surface area contributed by atoms with Gasteiger partial charge < -0.3 is 0 Å². The Morgan fingerprint density at radius 1 is 1.56 bits per heavy atom. The van der Waals surface area contributed by atoms with Crippen molar-refractivity contribution in [2.24, 2.45) is 0 Å². The lowest BCUT2D eigenvalue weighted by atomic mass is 10.3. The van der Waals surface area contributed by atoms with Gasteiger partial charge in [0.1, 0.15) is 10.3 Å². The summed E-state index contributed by atoms with van der Waals surface area (Å²) in [6.45, 7) is 1.65. The molecule has 0 saturated carbocycles. The molecule has 0 aromatic carbocycles. The zero-order chi connectivity index (χ0) is 13.3. The molecule has 0 amide bonds. The Balaban J connectivity index is 2.33. The first kappa shape index (κ1) is 13.5. The van der Waals surface area contributed by atoms with Crippen LogP contribution in [0.5, 0.6) is 0 Å². The maximum atomic E-state index is 12.0. The predicted molar refractivity (Wildman–Crippen MR) is 74.6 cm³/mol. The Morgan fingerprint density at radius 2 is 2.28 bits per heavy atom. The zero-order valence-electron chi connectivity index (χ0n) is 9.31. The molecule has 18 heavy (non-hydrogen) atoms. The van der Waals surface area contributed by atoms with E-state index in [1.807, 2.05) is 0 Å². The van der Waals surface area contributed by atoms with Gasteiger partial charge in [-0.25, -0.2) is 4.98 Å². The molecule has 0 spiro atoms. The molecule has 0 N–H and O–H groups in total. The van der Waals surface area contributed by atoms with Gasteiger partial charge in [0.25, 0.3) is 5.56 Å². The van der Waals surface area contributed by atoms with Crippen LogP contribution in [-0.2, 0) is 6.54 Å². The van der Waals surface area contributed by atoms with Crippen LogP contribution in [0.3, 0.4) is 0 Å². The number of rotatable bonds is 3. The monoisotopic (exact) mass is 346 g/mol. The van der Waals surface area contributed by atoms with Crippen LogP contribution in [0.25, 0.3) is 0 Å². The molecule has 0 unspecified atom stereocenters. The number of carbonyl (C=O) groups is 1. The number of halogens is 2. The van der Waals surface area contributed by atoms with Crippen LogP contribution in [0.1, 0.15) is 15.5 Å². The maximum Gasteiger partial charge on any atom is 0.268 e. The lowest BCUT2D eigenvalue weighted by molar-refractivity contribution is 0.0973. The number of aromatic nitrogens is 2. The van der Waals surface area contributed by atoms with Gasteiger partial charge in [0.2, 0.25) is 0 Å². The maximum absolute atomic E-state index is 12.0. The Morgan fingerprint density at radius 3 is 2.89 bits per heavy atom. The summed E-state index contributed by atoms with van der Waals surface area (Å²) in [6.07, 6.45) is 1.43. The van der Waals surface area contributed by atoms with Crippen LogP contribution < -0.4 is 5.56 Å². The molecule has 0 radical (unpaired) electrons. The molecule has 94 valence electrons. The number of thiophene rings is 1. The average molecular weight is 348 g/mol. The van der Waals surface area contributed by atoms with Crippen LogP contribution in [0.4, 0.5) is 0 Å². The van der Waals surface area contributed by atoms with E-state index in [-0.39, 0.29) is 17.9 Å². The molecular weight excluding hydrogens is 340 g/mol. The van der Waals surface area contributed by atoms with Gasteiger partial charge in [-0.1, -0.05) is 11.6 Å². The second-order valence-electron chi connectivity index (χ2n) is 3.57. The molecule has 2 aromatic heterocycles. The second kappa shape index (κ2) is 5.34. The van der Waals surface area contributed by atoms with E-state index >= 15 is 0 Å². The molecule has 0 aliphatic carbocycles.